The second kappa shape index (κ2) is 13.5. The van der Waals surface area contributed by atoms with Crippen LogP contribution in [0.25, 0.3) is 6.08 Å². The van der Waals surface area contributed by atoms with Gasteiger partial charge in [-0.25, -0.2) is 0 Å². The minimum absolute atomic E-state index is 0.0711. The minimum Gasteiger partial charge on any atom is -0.325 e. The number of nitrogens with one attached hydrogen (secondary N) is 3. The highest BCUT2D eigenvalue weighted by Gasteiger charge is 2.15. The number of anilines is 2. The number of amides is 3. The van der Waals surface area contributed by atoms with E-state index in [1.807, 2.05) is 43.3 Å². The van der Waals surface area contributed by atoms with Crippen molar-refractivity contribution in [1.82, 2.24) is 5.32 Å². The lowest BCUT2D eigenvalue weighted by Crippen LogP contribution is -2.30. The number of carbonyl (C=O) groups is 3. The average molecular weight is 556 g/mol. The fraction of sp³-hybridized carbons (Fsp3) is 0.0645. The van der Waals surface area contributed by atoms with Gasteiger partial charge in [-0.1, -0.05) is 60.1 Å². The molecule has 0 aliphatic carbocycles. The number of benzene rings is 4. The molecule has 0 spiro atoms. The second-order valence-electron chi connectivity index (χ2n) is 8.62. The van der Waals surface area contributed by atoms with Crippen LogP contribution in [0, 0.1) is 6.92 Å². The molecule has 4 aromatic carbocycles. The predicted molar refractivity (Wildman–Crippen MR) is 159 cm³/mol. The number of rotatable bonds is 9. The number of hydrogen-bond donors (Lipinski definition) is 3. The zero-order chi connectivity index (χ0) is 27.6. The fourth-order valence-electron chi connectivity index (χ4n) is 3.60. The lowest BCUT2D eigenvalue weighted by atomic mass is 10.1. The number of carbonyl (C=O) groups excluding carboxylic acids is 3. The van der Waals surface area contributed by atoms with Crippen LogP contribution < -0.4 is 16.0 Å². The molecule has 0 aromatic heterocycles. The Morgan fingerprint density at radius 2 is 1.49 bits per heavy atom. The predicted octanol–water partition coefficient (Wildman–Crippen LogP) is 6.79. The van der Waals surface area contributed by atoms with E-state index in [1.54, 1.807) is 72.8 Å². The molecule has 8 heteroatoms. The summed E-state index contributed by atoms with van der Waals surface area (Å²) in [5, 5.41) is 9.01. The first-order valence-corrected chi connectivity index (χ1v) is 13.5. The first-order valence-electron chi connectivity index (χ1n) is 12.1. The number of aryl methyl sites for hydroxylation is 1. The third kappa shape index (κ3) is 8.60. The zero-order valence-corrected chi connectivity index (χ0v) is 22.7. The molecule has 4 rings (SSSR count). The van der Waals surface area contributed by atoms with E-state index in [4.69, 9.17) is 11.6 Å². The largest absolute Gasteiger partial charge is 0.325 e. The van der Waals surface area contributed by atoms with Gasteiger partial charge < -0.3 is 16.0 Å². The summed E-state index contributed by atoms with van der Waals surface area (Å²) in [5.41, 5.74) is 3.53. The highest BCUT2D eigenvalue weighted by atomic mass is 35.5. The van der Waals surface area contributed by atoms with E-state index in [2.05, 4.69) is 16.0 Å². The topological polar surface area (TPSA) is 87.3 Å². The molecule has 0 atom stereocenters. The first kappa shape index (κ1) is 27.7. The molecule has 0 unspecified atom stereocenters. The Kier molecular flexibility index (Phi) is 9.56. The lowest BCUT2D eigenvalue weighted by Gasteiger charge is -2.12. The van der Waals surface area contributed by atoms with Crippen molar-refractivity contribution in [3.63, 3.8) is 0 Å². The molecule has 0 aliphatic heterocycles. The third-order valence-electron chi connectivity index (χ3n) is 5.47. The Morgan fingerprint density at radius 1 is 0.795 bits per heavy atom. The highest BCUT2D eigenvalue weighted by Crippen LogP contribution is 2.23. The molecule has 0 radical (unpaired) electrons. The molecule has 4 aromatic rings. The van der Waals surface area contributed by atoms with Gasteiger partial charge in [0.2, 0.25) is 5.91 Å². The quantitative estimate of drug-likeness (QED) is 0.157. The summed E-state index contributed by atoms with van der Waals surface area (Å²) in [4.78, 5) is 39.3. The van der Waals surface area contributed by atoms with E-state index in [-0.39, 0.29) is 17.4 Å². The van der Waals surface area contributed by atoms with Crippen molar-refractivity contribution in [2.45, 2.75) is 11.8 Å². The summed E-state index contributed by atoms with van der Waals surface area (Å²) in [7, 11) is 0. The standard InChI is InChI=1S/C31H26ClN3O3S/c1-21-7-5-10-25(17-21)33-29(36)20-39-27-12-6-11-26(19-27)34-31(38)28(18-22-13-15-24(32)16-14-22)35-30(37)23-8-3-2-4-9-23/h2-19H,20H2,1H3,(H,33,36)(H,34,38)(H,35,37)/b28-18-. The maximum atomic E-state index is 13.3. The summed E-state index contributed by atoms with van der Waals surface area (Å²) < 4.78 is 0. The van der Waals surface area contributed by atoms with Crippen molar-refractivity contribution in [2.75, 3.05) is 16.4 Å². The van der Waals surface area contributed by atoms with Gasteiger partial charge in [0.05, 0.1) is 5.75 Å². The van der Waals surface area contributed by atoms with Gasteiger partial charge in [0.25, 0.3) is 11.8 Å². The molecule has 3 N–H and O–H groups in total. The summed E-state index contributed by atoms with van der Waals surface area (Å²) in [6.07, 6.45) is 1.58. The highest BCUT2D eigenvalue weighted by molar-refractivity contribution is 8.00. The van der Waals surface area contributed by atoms with E-state index in [0.717, 1.165) is 16.1 Å². The average Bonchev–Trinajstić information content (AvgIpc) is 2.93. The molecule has 196 valence electrons. The molecular formula is C31H26ClN3O3S. The fourth-order valence-corrected chi connectivity index (χ4v) is 4.48. The number of halogens is 1. The Hall–Kier alpha value is -4.33. The lowest BCUT2D eigenvalue weighted by molar-refractivity contribution is -0.114. The van der Waals surface area contributed by atoms with Crippen LogP contribution in [0.2, 0.25) is 5.02 Å². The molecule has 0 bridgehead atoms. The Bertz CT molecular complexity index is 1510. The molecule has 39 heavy (non-hydrogen) atoms. The van der Waals surface area contributed by atoms with Gasteiger partial charge in [0, 0.05) is 26.9 Å². The van der Waals surface area contributed by atoms with Gasteiger partial charge in [0.1, 0.15) is 5.70 Å². The van der Waals surface area contributed by atoms with Crippen LogP contribution in [0.4, 0.5) is 11.4 Å². The van der Waals surface area contributed by atoms with E-state index in [1.165, 1.54) is 11.8 Å². The number of hydrogen-bond acceptors (Lipinski definition) is 4. The van der Waals surface area contributed by atoms with Crippen LogP contribution in [0.3, 0.4) is 0 Å². The van der Waals surface area contributed by atoms with Gasteiger partial charge in [-0.05, 0) is 78.7 Å². The van der Waals surface area contributed by atoms with E-state index >= 15 is 0 Å². The van der Waals surface area contributed by atoms with Gasteiger partial charge in [-0.2, -0.15) is 0 Å². The third-order valence-corrected chi connectivity index (χ3v) is 6.72. The van der Waals surface area contributed by atoms with Crippen LogP contribution >= 0.6 is 23.4 Å². The molecule has 3 amide bonds. The summed E-state index contributed by atoms with van der Waals surface area (Å²) in [6, 6.07) is 30.4. The van der Waals surface area contributed by atoms with E-state index in [0.29, 0.717) is 21.8 Å². The first-order chi connectivity index (χ1) is 18.9. The van der Waals surface area contributed by atoms with Crippen molar-refractivity contribution >= 4 is 58.5 Å². The van der Waals surface area contributed by atoms with Crippen LogP contribution in [0.1, 0.15) is 21.5 Å². The summed E-state index contributed by atoms with van der Waals surface area (Å²) >= 11 is 7.35. The molecular weight excluding hydrogens is 530 g/mol. The van der Waals surface area contributed by atoms with Crippen molar-refractivity contribution in [1.29, 1.82) is 0 Å². The summed E-state index contributed by atoms with van der Waals surface area (Å²) in [6.45, 7) is 1.97. The second-order valence-corrected chi connectivity index (χ2v) is 10.1. The van der Waals surface area contributed by atoms with Gasteiger partial charge in [-0.15, -0.1) is 11.8 Å². The maximum absolute atomic E-state index is 13.3. The van der Waals surface area contributed by atoms with Crippen molar-refractivity contribution < 1.29 is 14.4 Å². The van der Waals surface area contributed by atoms with Crippen molar-refractivity contribution in [3.8, 4) is 0 Å². The van der Waals surface area contributed by atoms with Crippen molar-refractivity contribution in [3.05, 3.63) is 131 Å². The maximum Gasteiger partial charge on any atom is 0.272 e. The Labute approximate surface area is 236 Å². The molecule has 0 heterocycles. The SMILES string of the molecule is Cc1cccc(NC(=O)CSc2cccc(NC(=O)/C(=C/c3ccc(Cl)cc3)NC(=O)c3ccccc3)c2)c1. The molecule has 0 saturated carbocycles. The smallest absolute Gasteiger partial charge is 0.272 e. The van der Waals surface area contributed by atoms with Crippen LogP contribution in [0.15, 0.2) is 114 Å². The zero-order valence-electron chi connectivity index (χ0n) is 21.1. The van der Waals surface area contributed by atoms with Crippen LogP contribution in [-0.2, 0) is 9.59 Å². The molecule has 0 fully saturated rings. The summed E-state index contributed by atoms with van der Waals surface area (Å²) in [5.74, 6) is -0.819. The minimum atomic E-state index is -0.492. The van der Waals surface area contributed by atoms with Gasteiger partial charge in [0.15, 0.2) is 0 Å². The monoisotopic (exact) mass is 555 g/mol. The Morgan fingerprint density at radius 3 is 2.21 bits per heavy atom. The van der Waals surface area contributed by atoms with E-state index in [9.17, 15) is 14.4 Å². The van der Waals surface area contributed by atoms with Crippen LogP contribution in [-0.4, -0.2) is 23.5 Å². The molecule has 0 saturated heterocycles. The van der Waals surface area contributed by atoms with Crippen LogP contribution in [0.5, 0.6) is 0 Å². The number of thioether (sulfide) groups is 1. The Balaban J connectivity index is 1.44. The van der Waals surface area contributed by atoms with E-state index < -0.39 is 11.8 Å². The van der Waals surface area contributed by atoms with Gasteiger partial charge >= 0.3 is 0 Å². The molecule has 0 aliphatic rings. The van der Waals surface area contributed by atoms with Gasteiger partial charge in [-0.3, -0.25) is 14.4 Å². The van der Waals surface area contributed by atoms with Crippen molar-refractivity contribution in [2.24, 2.45) is 0 Å². The normalized spacial score (nSPS) is 11.0. The molecule has 6 nitrogen and oxygen atoms in total.